The summed E-state index contributed by atoms with van der Waals surface area (Å²) in [4.78, 5) is 0. The van der Waals surface area contributed by atoms with Crippen LogP contribution in [0.2, 0.25) is 0 Å². The first-order chi connectivity index (χ1) is 8.20. The molecule has 3 nitrogen and oxygen atoms in total. The van der Waals surface area contributed by atoms with E-state index in [0.29, 0.717) is 12.0 Å². The van der Waals surface area contributed by atoms with Crippen molar-refractivity contribution in [3.63, 3.8) is 0 Å². The average molecular weight is 243 g/mol. The smallest absolute Gasteiger partial charge is 0.0833 e. The molecule has 17 heavy (non-hydrogen) atoms. The average Bonchev–Trinajstić information content (AvgIpc) is 2.38. The summed E-state index contributed by atoms with van der Waals surface area (Å²) < 4.78 is 11.1. The molecule has 0 heterocycles. The van der Waals surface area contributed by atoms with E-state index < -0.39 is 0 Å². The van der Waals surface area contributed by atoms with Gasteiger partial charge in [-0.25, -0.2) is 0 Å². The summed E-state index contributed by atoms with van der Waals surface area (Å²) in [7, 11) is 5.70. The van der Waals surface area contributed by atoms with Crippen LogP contribution in [0.1, 0.15) is 45.4 Å². The molecule has 0 saturated heterocycles. The van der Waals surface area contributed by atoms with Crippen molar-refractivity contribution >= 4 is 0 Å². The molecule has 1 saturated carbocycles. The maximum Gasteiger partial charge on any atom is 0.0833 e. The van der Waals surface area contributed by atoms with Crippen molar-refractivity contribution in [2.75, 3.05) is 27.9 Å². The lowest BCUT2D eigenvalue weighted by Crippen LogP contribution is -2.55. The Morgan fingerprint density at radius 2 is 1.82 bits per heavy atom. The second-order valence-corrected chi connectivity index (χ2v) is 5.35. The molecule has 1 rings (SSSR count). The zero-order chi connectivity index (χ0) is 12.7. The highest BCUT2D eigenvalue weighted by Gasteiger charge is 2.41. The fourth-order valence-corrected chi connectivity index (χ4v) is 3.33. The molecule has 0 aromatic rings. The number of nitrogens with one attached hydrogen (secondary N) is 1. The minimum Gasteiger partial charge on any atom is -0.385 e. The van der Waals surface area contributed by atoms with Gasteiger partial charge in [0.05, 0.1) is 5.60 Å². The molecule has 2 atom stereocenters. The van der Waals surface area contributed by atoms with Gasteiger partial charge < -0.3 is 14.8 Å². The van der Waals surface area contributed by atoms with E-state index in [2.05, 4.69) is 19.3 Å². The zero-order valence-corrected chi connectivity index (χ0v) is 11.9. The van der Waals surface area contributed by atoms with Crippen molar-refractivity contribution < 1.29 is 9.47 Å². The Labute approximate surface area is 106 Å². The van der Waals surface area contributed by atoms with E-state index in [1.54, 1.807) is 7.11 Å². The van der Waals surface area contributed by atoms with Gasteiger partial charge in [0.2, 0.25) is 0 Å². The van der Waals surface area contributed by atoms with Gasteiger partial charge in [-0.05, 0) is 32.2 Å². The van der Waals surface area contributed by atoms with E-state index in [1.807, 2.05) is 7.11 Å². The molecule has 0 radical (unpaired) electrons. The van der Waals surface area contributed by atoms with Crippen LogP contribution < -0.4 is 5.32 Å². The summed E-state index contributed by atoms with van der Waals surface area (Å²) in [5.41, 5.74) is 0.0418. The van der Waals surface area contributed by atoms with Crippen molar-refractivity contribution in [3.05, 3.63) is 0 Å². The van der Waals surface area contributed by atoms with E-state index in [4.69, 9.17) is 9.47 Å². The number of rotatable bonds is 7. The molecular weight excluding hydrogens is 214 g/mol. The van der Waals surface area contributed by atoms with Crippen LogP contribution in [0.25, 0.3) is 0 Å². The summed E-state index contributed by atoms with van der Waals surface area (Å²) >= 11 is 0. The highest BCUT2D eigenvalue weighted by Crippen LogP contribution is 2.37. The topological polar surface area (TPSA) is 30.5 Å². The largest absolute Gasteiger partial charge is 0.385 e. The van der Waals surface area contributed by atoms with Crippen LogP contribution in [-0.4, -0.2) is 39.5 Å². The fourth-order valence-electron chi connectivity index (χ4n) is 3.33. The van der Waals surface area contributed by atoms with Gasteiger partial charge in [-0.1, -0.05) is 26.2 Å². The van der Waals surface area contributed by atoms with Crippen LogP contribution in [0.15, 0.2) is 0 Å². The third kappa shape index (κ3) is 3.67. The second-order valence-electron chi connectivity index (χ2n) is 5.35. The molecule has 0 aliphatic heterocycles. The molecule has 0 aromatic carbocycles. The van der Waals surface area contributed by atoms with Gasteiger partial charge in [0.1, 0.15) is 0 Å². The Morgan fingerprint density at radius 1 is 1.18 bits per heavy atom. The summed E-state index contributed by atoms with van der Waals surface area (Å²) in [6.07, 6.45) is 7.41. The van der Waals surface area contributed by atoms with Gasteiger partial charge >= 0.3 is 0 Å². The first-order valence-electron chi connectivity index (χ1n) is 6.91. The Balaban J connectivity index is 2.67. The number of hydrogen-bond acceptors (Lipinski definition) is 3. The Morgan fingerprint density at radius 3 is 2.29 bits per heavy atom. The number of ether oxygens (including phenoxy) is 2. The van der Waals surface area contributed by atoms with Crippen LogP contribution in [0.5, 0.6) is 0 Å². The predicted molar refractivity (Wildman–Crippen MR) is 71.3 cm³/mol. The highest BCUT2D eigenvalue weighted by atomic mass is 16.5. The van der Waals surface area contributed by atoms with Crippen LogP contribution in [-0.2, 0) is 9.47 Å². The quantitative estimate of drug-likeness (QED) is 0.745. The lowest BCUT2D eigenvalue weighted by Gasteiger charge is -2.45. The molecule has 1 aliphatic rings. The molecule has 1 aliphatic carbocycles. The molecule has 3 heteroatoms. The zero-order valence-electron chi connectivity index (χ0n) is 11.9. The molecular formula is C14H29NO2. The first kappa shape index (κ1) is 14.9. The van der Waals surface area contributed by atoms with Crippen molar-refractivity contribution in [3.8, 4) is 0 Å². The highest BCUT2D eigenvalue weighted by molar-refractivity contribution is 4.97. The normalized spacial score (nSPS) is 23.3. The number of likely N-dealkylation sites (N-methyl/N-ethyl adjacent to an activating group) is 1. The van der Waals surface area contributed by atoms with Gasteiger partial charge in [0.25, 0.3) is 0 Å². The third-order valence-electron chi connectivity index (χ3n) is 4.33. The summed E-state index contributed by atoms with van der Waals surface area (Å²) in [5, 5.41) is 3.49. The Hall–Kier alpha value is -0.120. The minimum atomic E-state index is 0.0418. The van der Waals surface area contributed by atoms with E-state index in [-0.39, 0.29) is 5.60 Å². The monoisotopic (exact) mass is 243 g/mol. The summed E-state index contributed by atoms with van der Waals surface area (Å²) in [5.74, 6) is 0.581. The second kappa shape index (κ2) is 7.34. The van der Waals surface area contributed by atoms with Gasteiger partial charge in [-0.15, -0.1) is 0 Å². The van der Waals surface area contributed by atoms with Crippen LogP contribution >= 0.6 is 0 Å². The fraction of sp³-hybridized carbons (Fsp3) is 1.00. The molecule has 102 valence electrons. The van der Waals surface area contributed by atoms with Crippen LogP contribution in [0.4, 0.5) is 0 Å². The molecule has 0 spiro atoms. The number of hydrogen-bond donors (Lipinski definition) is 1. The lowest BCUT2D eigenvalue weighted by atomic mass is 9.74. The van der Waals surface area contributed by atoms with Crippen molar-refractivity contribution in [2.24, 2.45) is 5.92 Å². The molecule has 0 aromatic heterocycles. The van der Waals surface area contributed by atoms with Gasteiger partial charge in [-0.3, -0.25) is 0 Å². The van der Waals surface area contributed by atoms with E-state index in [1.165, 1.54) is 32.1 Å². The predicted octanol–water partition coefficient (Wildman–Crippen LogP) is 2.60. The van der Waals surface area contributed by atoms with Crippen molar-refractivity contribution in [2.45, 2.75) is 57.1 Å². The summed E-state index contributed by atoms with van der Waals surface area (Å²) in [6, 6.07) is 0.433. The minimum absolute atomic E-state index is 0.0418. The maximum absolute atomic E-state index is 5.93. The molecule has 1 fully saturated rings. The van der Waals surface area contributed by atoms with E-state index >= 15 is 0 Å². The molecule has 0 amide bonds. The number of methoxy groups -OCH3 is 2. The molecule has 2 unspecified atom stereocenters. The van der Waals surface area contributed by atoms with Crippen molar-refractivity contribution in [1.82, 2.24) is 5.32 Å². The molecule has 0 bridgehead atoms. The van der Waals surface area contributed by atoms with Crippen LogP contribution in [0.3, 0.4) is 0 Å². The standard InChI is InChI=1S/C14H29NO2/c1-12(8-11-16-3)13(15-2)14(17-4)9-6-5-7-10-14/h12-13,15H,5-11H2,1-4H3. The first-order valence-corrected chi connectivity index (χ1v) is 6.91. The summed E-state index contributed by atoms with van der Waals surface area (Å²) in [6.45, 7) is 3.13. The van der Waals surface area contributed by atoms with Gasteiger partial charge in [-0.2, -0.15) is 0 Å². The van der Waals surface area contributed by atoms with E-state index in [0.717, 1.165) is 13.0 Å². The maximum atomic E-state index is 5.93. The Bertz CT molecular complexity index is 202. The van der Waals surface area contributed by atoms with Gasteiger partial charge in [0.15, 0.2) is 0 Å². The third-order valence-corrected chi connectivity index (χ3v) is 4.33. The van der Waals surface area contributed by atoms with Gasteiger partial charge in [0, 0.05) is 26.9 Å². The Kier molecular flexibility index (Phi) is 6.45. The lowest BCUT2D eigenvalue weighted by molar-refractivity contribution is -0.0802. The SMILES string of the molecule is CNC(C(C)CCOC)C1(OC)CCCCC1. The molecule has 1 N–H and O–H groups in total. The van der Waals surface area contributed by atoms with E-state index in [9.17, 15) is 0 Å². The van der Waals surface area contributed by atoms with Crippen LogP contribution in [0, 0.1) is 5.92 Å². The van der Waals surface area contributed by atoms with Crippen molar-refractivity contribution in [1.29, 1.82) is 0 Å².